The second kappa shape index (κ2) is 11.9. The van der Waals surface area contributed by atoms with E-state index in [0.29, 0.717) is 22.1 Å². The number of rotatable bonds is 7. The molecule has 0 bridgehead atoms. The highest BCUT2D eigenvalue weighted by molar-refractivity contribution is 9.10. The molecule has 1 unspecified atom stereocenters. The summed E-state index contributed by atoms with van der Waals surface area (Å²) in [6.45, 7) is 1.37. The maximum atomic E-state index is 14.7. The standard InChI is InChI=1S/C32H29BrClFN4O4/c1-32(37-2,31(36)42)24-17-39(29(40)18-7-10-20(35)11-8-18)27-15-19(34)9-13-26(27)38(30(24)41)16-23-21-5-4-6-25(33)22(21)12-14-28(23)43-3/h4-15,24,37H,16-17H2,1-3H3,(H2,36,42)/t24-,32?/m1/s1. The Kier molecular flexibility index (Phi) is 8.47. The smallest absolute Gasteiger partial charge is 0.258 e. The van der Waals surface area contributed by atoms with Crippen molar-refractivity contribution >= 4 is 67.4 Å². The third-order valence-electron chi connectivity index (χ3n) is 8.13. The minimum atomic E-state index is -1.55. The second-order valence-electron chi connectivity index (χ2n) is 10.4. The van der Waals surface area contributed by atoms with Crippen molar-refractivity contribution in [3.8, 4) is 5.75 Å². The van der Waals surface area contributed by atoms with Gasteiger partial charge in [-0.05, 0) is 85.4 Å². The summed E-state index contributed by atoms with van der Waals surface area (Å²) < 4.78 is 20.3. The van der Waals surface area contributed by atoms with Crippen LogP contribution in [0.1, 0.15) is 22.8 Å². The van der Waals surface area contributed by atoms with Crippen LogP contribution in [-0.4, -0.2) is 44.0 Å². The summed E-state index contributed by atoms with van der Waals surface area (Å²) in [6.07, 6.45) is 0. The van der Waals surface area contributed by atoms with Crippen LogP contribution in [0.25, 0.3) is 10.8 Å². The third-order valence-corrected chi connectivity index (χ3v) is 9.05. The summed E-state index contributed by atoms with van der Waals surface area (Å²) in [5, 5.41) is 5.03. The van der Waals surface area contributed by atoms with E-state index in [1.165, 1.54) is 48.0 Å². The van der Waals surface area contributed by atoms with Gasteiger partial charge in [0.2, 0.25) is 11.8 Å². The number of nitrogens with two attached hydrogens (primary N) is 1. The number of anilines is 2. The molecule has 2 atom stereocenters. The molecule has 0 aromatic heterocycles. The maximum absolute atomic E-state index is 14.7. The number of primary amides is 1. The third kappa shape index (κ3) is 5.46. The van der Waals surface area contributed by atoms with Gasteiger partial charge < -0.3 is 25.6 Å². The molecule has 0 radical (unpaired) electrons. The summed E-state index contributed by atoms with van der Waals surface area (Å²) >= 11 is 10.1. The summed E-state index contributed by atoms with van der Waals surface area (Å²) in [5.41, 5.74) is 5.98. The van der Waals surface area contributed by atoms with Crippen LogP contribution in [0.3, 0.4) is 0 Å². The van der Waals surface area contributed by atoms with E-state index in [-0.39, 0.29) is 18.7 Å². The number of methoxy groups -OCH3 is 1. The van der Waals surface area contributed by atoms with E-state index >= 15 is 0 Å². The highest BCUT2D eigenvalue weighted by atomic mass is 79.9. The van der Waals surface area contributed by atoms with Crippen LogP contribution < -0.4 is 25.6 Å². The molecule has 8 nitrogen and oxygen atoms in total. The Balaban J connectivity index is 1.76. The molecule has 1 aliphatic rings. The van der Waals surface area contributed by atoms with Crippen LogP contribution in [0.5, 0.6) is 5.75 Å². The zero-order chi connectivity index (χ0) is 31.1. The number of likely N-dealkylation sites (N-methyl/N-ethyl adjacent to an activating group) is 1. The Morgan fingerprint density at radius 1 is 1.09 bits per heavy atom. The Morgan fingerprint density at radius 2 is 1.81 bits per heavy atom. The fourth-order valence-electron chi connectivity index (χ4n) is 5.48. The number of halogens is 3. The minimum absolute atomic E-state index is 0.0397. The number of carbonyl (C=O) groups excluding carboxylic acids is 3. The van der Waals surface area contributed by atoms with Gasteiger partial charge in [0, 0.05) is 27.2 Å². The van der Waals surface area contributed by atoms with Gasteiger partial charge in [-0.25, -0.2) is 4.39 Å². The van der Waals surface area contributed by atoms with E-state index in [4.69, 9.17) is 22.1 Å². The monoisotopic (exact) mass is 666 g/mol. The largest absolute Gasteiger partial charge is 0.496 e. The Bertz CT molecular complexity index is 1750. The van der Waals surface area contributed by atoms with Crippen LogP contribution >= 0.6 is 27.5 Å². The first kappa shape index (κ1) is 30.5. The van der Waals surface area contributed by atoms with Gasteiger partial charge in [0.05, 0.1) is 30.9 Å². The first-order chi connectivity index (χ1) is 20.5. The van der Waals surface area contributed by atoms with Crippen LogP contribution in [0.2, 0.25) is 5.02 Å². The lowest BCUT2D eigenvalue weighted by Crippen LogP contribution is -2.63. The van der Waals surface area contributed by atoms with Crippen molar-refractivity contribution in [1.29, 1.82) is 0 Å². The number of benzene rings is 4. The van der Waals surface area contributed by atoms with Crippen LogP contribution in [-0.2, 0) is 16.1 Å². The van der Waals surface area contributed by atoms with E-state index in [9.17, 15) is 18.8 Å². The first-order valence-corrected chi connectivity index (χ1v) is 14.6. The van der Waals surface area contributed by atoms with Gasteiger partial charge in [-0.3, -0.25) is 14.4 Å². The molecule has 1 heterocycles. The molecule has 3 amide bonds. The van der Waals surface area contributed by atoms with Crippen molar-refractivity contribution in [1.82, 2.24) is 5.32 Å². The maximum Gasteiger partial charge on any atom is 0.258 e. The second-order valence-corrected chi connectivity index (χ2v) is 11.7. The van der Waals surface area contributed by atoms with E-state index in [1.54, 1.807) is 25.3 Å². The Hall–Kier alpha value is -3.99. The van der Waals surface area contributed by atoms with Gasteiger partial charge in [-0.2, -0.15) is 0 Å². The zero-order valence-electron chi connectivity index (χ0n) is 23.7. The highest BCUT2D eigenvalue weighted by Gasteiger charge is 2.49. The van der Waals surface area contributed by atoms with Crippen molar-refractivity contribution in [3.63, 3.8) is 0 Å². The fourth-order valence-corrected chi connectivity index (χ4v) is 6.15. The average Bonchev–Trinajstić information content (AvgIpc) is 3.11. The van der Waals surface area contributed by atoms with Crippen molar-refractivity contribution in [2.24, 2.45) is 11.7 Å². The molecule has 5 rings (SSSR count). The fraction of sp³-hybridized carbons (Fsp3) is 0.219. The minimum Gasteiger partial charge on any atom is -0.496 e. The lowest BCUT2D eigenvalue weighted by Gasteiger charge is -2.36. The van der Waals surface area contributed by atoms with Gasteiger partial charge in [-0.1, -0.05) is 39.7 Å². The highest BCUT2D eigenvalue weighted by Crippen LogP contribution is 2.42. The van der Waals surface area contributed by atoms with E-state index in [0.717, 1.165) is 20.8 Å². The van der Waals surface area contributed by atoms with E-state index in [1.807, 2.05) is 30.3 Å². The Morgan fingerprint density at radius 3 is 2.47 bits per heavy atom. The molecule has 43 heavy (non-hydrogen) atoms. The molecular formula is C32H29BrClFN4O4. The van der Waals surface area contributed by atoms with Gasteiger partial charge in [0.1, 0.15) is 17.1 Å². The molecule has 0 fully saturated rings. The van der Waals surface area contributed by atoms with Crippen LogP contribution in [0.4, 0.5) is 15.8 Å². The molecule has 3 N–H and O–H groups in total. The summed E-state index contributed by atoms with van der Waals surface area (Å²) in [6, 6.07) is 19.5. The number of fused-ring (bicyclic) bond motifs is 2. The first-order valence-electron chi connectivity index (χ1n) is 13.4. The van der Waals surface area contributed by atoms with Crippen molar-refractivity contribution in [2.45, 2.75) is 19.0 Å². The van der Waals surface area contributed by atoms with Gasteiger partial charge in [-0.15, -0.1) is 0 Å². The number of nitrogens with one attached hydrogen (secondary N) is 1. The molecule has 0 aliphatic carbocycles. The molecule has 0 saturated heterocycles. The van der Waals surface area contributed by atoms with E-state index < -0.39 is 35.0 Å². The van der Waals surface area contributed by atoms with Gasteiger partial charge >= 0.3 is 0 Å². The Labute approximate surface area is 261 Å². The van der Waals surface area contributed by atoms with E-state index in [2.05, 4.69) is 21.2 Å². The van der Waals surface area contributed by atoms with Gasteiger partial charge in [0.25, 0.3) is 5.91 Å². The molecule has 11 heteroatoms. The predicted molar refractivity (Wildman–Crippen MR) is 169 cm³/mol. The van der Waals surface area contributed by atoms with Crippen LogP contribution in [0.15, 0.2) is 77.3 Å². The molecule has 4 aromatic carbocycles. The predicted octanol–water partition coefficient (Wildman–Crippen LogP) is 5.68. The van der Waals surface area contributed by atoms with Gasteiger partial charge in [0.15, 0.2) is 0 Å². The lowest BCUT2D eigenvalue weighted by atomic mass is 9.83. The molecule has 4 aromatic rings. The zero-order valence-corrected chi connectivity index (χ0v) is 26.0. The number of hydrogen-bond acceptors (Lipinski definition) is 5. The number of amides is 3. The van der Waals surface area contributed by atoms with Crippen LogP contribution in [0, 0.1) is 11.7 Å². The number of ether oxygens (including phenoxy) is 1. The number of nitrogens with zero attached hydrogens (tertiary/aromatic N) is 2. The average molecular weight is 668 g/mol. The topological polar surface area (TPSA) is 105 Å². The number of carbonyl (C=O) groups is 3. The van der Waals surface area contributed by atoms with Crippen molar-refractivity contribution in [3.05, 3.63) is 99.2 Å². The summed E-state index contributed by atoms with van der Waals surface area (Å²) in [7, 11) is 3.09. The molecular weight excluding hydrogens is 639 g/mol. The molecule has 222 valence electrons. The SMILES string of the molecule is CNC(C)(C(N)=O)[C@@H]1CN(C(=O)c2ccc(F)cc2)c2cc(Cl)ccc2N(Cc2c(OC)ccc3c(Br)cccc23)C1=O. The number of hydrogen-bond donors (Lipinski definition) is 2. The molecule has 0 spiro atoms. The normalized spacial score (nSPS) is 16.4. The summed E-state index contributed by atoms with van der Waals surface area (Å²) in [5.74, 6) is -2.78. The lowest BCUT2D eigenvalue weighted by molar-refractivity contribution is -0.133. The molecule has 1 aliphatic heterocycles. The quantitative estimate of drug-likeness (QED) is 0.264. The summed E-state index contributed by atoms with van der Waals surface area (Å²) in [4.78, 5) is 44.5. The molecule has 0 saturated carbocycles. The van der Waals surface area contributed by atoms with Crippen molar-refractivity contribution in [2.75, 3.05) is 30.5 Å². The van der Waals surface area contributed by atoms with Crippen molar-refractivity contribution < 1.29 is 23.5 Å².